The molecule has 0 fully saturated rings. The van der Waals surface area contributed by atoms with E-state index in [2.05, 4.69) is 5.32 Å². The van der Waals surface area contributed by atoms with Gasteiger partial charge in [-0.2, -0.15) is 0 Å². The minimum atomic E-state index is -3.65. The van der Waals surface area contributed by atoms with Crippen molar-refractivity contribution < 1.29 is 18.0 Å². The van der Waals surface area contributed by atoms with Crippen molar-refractivity contribution >= 4 is 45.0 Å². The monoisotopic (exact) mass is 541 g/mol. The van der Waals surface area contributed by atoms with Crippen LogP contribution in [0.2, 0.25) is 10.0 Å². The number of benzene rings is 2. The zero-order valence-electron chi connectivity index (χ0n) is 20.3. The van der Waals surface area contributed by atoms with Gasteiger partial charge in [-0.1, -0.05) is 60.8 Å². The Labute approximate surface area is 218 Å². The van der Waals surface area contributed by atoms with Crippen molar-refractivity contribution in [3.05, 3.63) is 64.1 Å². The molecular formula is C25H33Cl2N3O4S. The van der Waals surface area contributed by atoms with Crippen molar-refractivity contribution in [2.45, 2.75) is 57.0 Å². The van der Waals surface area contributed by atoms with E-state index in [1.165, 1.54) is 28.4 Å². The van der Waals surface area contributed by atoms with Crippen molar-refractivity contribution in [3.63, 3.8) is 0 Å². The van der Waals surface area contributed by atoms with Gasteiger partial charge in [0.25, 0.3) is 0 Å². The maximum atomic E-state index is 13.2. The van der Waals surface area contributed by atoms with E-state index in [0.717, 1.165) is 12.8 Å². The van der Waals surface area contributed by atoms with Crippen LogP contribution in [0.25, 0.3) is 0 Å². The van der Waals surface area contributed by atoms with Gasteiger partial charge in [-0.15, -0.1) is 0 Å². The van der Waals surface area contributed by atoms with Crippen molar-refractivity contribution in [3.8, 4) is 0 Å². The summed E-state index contributed by atoms with van der Waals surface area (Å²) in [4.78, 5) is 27.6. The van der Waals surface area contributed by atoms with E-state index >= 15 is 0 Å². The van der Waals surface area contributed by atoms with Crippen molar-refractivity contribution in [1.82, 2.24) is 14.5 Å². The van der Waals surface area contributed by atoms with Gasteiger partial charge in [0.15, 0.2) is 0 Å². The highest BCUT2D eigenvalue weighted by molar-refractivity contribution is 7.89. The number of nitrogens with one attached hydrogen (secondary N) is 1. The molecule has 1 unspecified atom stereocenters. The van der Waals surface area contributed by atoms with Gasteiger partial charge in [0.2, 0.25) is 21.8 Å². The van der Waals surface area contributed by atoms with Crippen molar-refractivity contribution in [1.29, 1.82) is 0 Å². The molecule has 2 rings (SSSR count). The Morgan fingerprint density at radius 3 is 2.23 bits per heavy atom. The van der Waals surface area contributed by atoms with Gasteiger partial charge in [-0.25, -0.2) is 12.7 Å². The SMILES string of the molecule is CCCCNC(=O)C(C)N(Cc1c(Cl)cccc1Cl)C(=O)CCCN(C)S(=O)(=O)c1ccccc1. The molecule has 1 N–H and O–H groups in total. The Bertz CT molecular complexity index is 1080. The second-order valence-corrected chi connectivity index (χ2v) is 11.1. The zero-order valence-corrected chi connectivity index (χ0v) is 22.7. The Hall–Kier alpha value is -2.13. The molecular weight excluding hydrogens is 509 g/mol. The summed E-state index contributed by atoms with van der Waals surface area (Å²) >= 11 is 12.6. The first kappa shape index (κ1) is 29.1. The fourth-order valence-corrected chi connectivity index (χ4v) is 5.21. The molecule has 2 amide bonds. The van der Waals surface area contributed by atoms with Crippen LogP contribution in [0.4, 0.5) is 0 Å². The summed E-state index contributed by atoms with van der Waals surface area (Å²) < 4.78 is 26.7. The Morgan fingerprint density at radius 2 is 1.63 bits per heavy atom. The number of hydrogen-bond donors (Lipinski definition) is 1. The number of halogens is 2. The summed E-state index contributed by atoms with van der Waals surface area (Å²) in [7, 11) is -2.17. The maximum absolute atomic E-state index is 13.2. The molecule has 0 aromatic heterocycles. The van der Waals surface area contributed by atoms with Crippen molar-refractivity contribution in [2.75, 3.05) is 20.1 Å². The van der Waals surface area contributed by atoms with Crippen molar-refractivity contribution in [2.24, 2.45) is 0 Å². The molecule has 0 heterocycles. The quantitative estimate of drug-likeness (QED) is 0.371. The standard InChI is InChI=1S/C25H33Cl2N3O4S/c1-4-5-16-28-25(32)19(2)30(18-21-22(26)13-9-14-23(21)27)24(31)15-10-17-29(3)35(33,34)20-11-7-6-8-12-20/h6-9,11-14,19H,4-5,10,15-18H2,1-3H3,(H,28,32). The van der Waals surface area contributed by atoms with Gasteiger partial charge >= 0.3 is 0 Å². The first-order valence-electron chi connectivity index (χ1n) is 11.6. The van der Waals surface area contributed by atoms with E-state index in [1.807, 2.05) is 6.92 Å². The molecule has 0 spiro atoms. The lowest BCUT2D eigenvalue weighted by molar-refractivity contribution is -0.140. The molecule has 0 aliphatic carbocycles. The number of carbonyl (C=O) groups excluding carboxylic acids is 2. The molecule has 10 heteroatoms. The second kappa shape index (κ2) is 13.8. The summed E-state index contributed by atoms with van der Waals surface area (Å²) in [6.07, 6.45) is 2.12. The number of carbonyl (C=O) groups is 2. The summed E-state index contributed by atoms with van der Waals surface area (Å²) in [6.45, 7) is 4.44. The topological polar surface area (TPSA) is 86.8 Å². The predicted molar refractivity (Wildman–Crippen MR) is 140 cm³/mol. The largest absolute Gasteiger partial charge is 0.354 e. The average Bonchev–Trinajstić information content (AvgIpc) is 2.84. The first-order chi connectivity index (χ1) is 16.6. The normalized spacial score (nSPS) is 12.4. The van der Waals surface area contributed by atoms with Crippen LogP contribution >= 0.6 is 23.2 Å². The fraction of sp³-hybridized carbons (Fsp3) is 0.440. The molecule has 0 saturated heterocycles. The third-order valence-corrected chi connectivity index (χ3v) is 8.28. The second-order valence-electron chi connectivity index (χ2n) is 8.29. The minimum absolute atomic E-state index is 0.0588. The lowest BCUT2D eigenvalue weighted by Gasteiger charge is -2.29. The lowest BCUT2D eigenvalue weighted by Crippen LogP contribution is -2.48. The number of hydrogen-bond acceptors (Lipinski definition) is 4. The van der Waals surface area contributed by atoms with Crippen LogP contribution in [-0.4, -0.2) is 55.6 Å². The fourth-order valence-electron chi connectivity index (χ4n) is 3.46. The highest BCUT2D eigenvalue weighted by atomic mass is 35.5. The smallest absolute Gasteiger partial charge is 0.242 e. The summed E-state index contributed by atoms with van der Waals surface area (Å²) in [5.74, 6) is -0.552. The van der Waals surface area contributed by atoms with Crippen LogP contribution in [0.1, 0.15) is 45.1 Å². The molecule has 2 aromatic rings. The van der Waals surface area contributed by atoms with Gasteiger partial charge in [0.1, 0.15) is 6.04 Å². The Balaban J connectivity index is 2.11. The van der Waals surface area contributed by atoms with Gasteiger partial charge in [-0.3, -0.25) is 9.59 Å². The van der Waals surface area contributed by atoms with Crippen LogP contribution < -0.4 is 5.32 Å². The van der Waals surface area contributed by atoms with E-state index in [1.54, 1.807) is 43.3 Å². The highest BCUT2D eigenvalue weighted by Crippen LogP contribution is 2.27. The molecule has 0 saturated carbocycles. The van der Waals surface area contributed by atoms with Gasteiger partial charge in [0, 0.05) is 48.7 Å². The van der Waals surface area contributed by atoms with Gasteiger partial charge in [0.05, 0.1) is 4.90 Å². The van der Waals surface area contributed by atoms with Crippen LogP contribution in [0.5, 0.6) is 0 Å². The van der Waals surface area contributed by atoms with Crippen LogP contribution in [0, 0.1) is 0 Å². The molecule has 0 radical (unpaired) electrons. The van der Waals surface area contributed by atoms with Gasteiger partial charge < -0.3 is 10.2 Å². The third kappa shape index (κ3) is 8.20. The van der Waals surface area contributed by atoms with E-state index in [4.69, 9.17) is 23.2 Å². The van der Waals surface area contributed by atoms with E-state index in [0.29, 0.717) is 28.6 Å². The first-order valence-corrected chi connectivity index (χ1v) is 13.8. The molecule has 192 valence electrons. The van der Waals surface area contributed by atoms with Crippen LogP contribution in [0.3, 0.4) is 0 Å². The molecule has 7 nitrogen and oxygen atoms in total. The average molecular weight is 543 g/mol. The number of nitrogens with zero attached hydrogens (tertiary/aromatic N) is 2. The number of unbranched alkanes of at least 4 members (excludes halogenated alkanes) is 1. The summed E-state index contributed by atoms with van der Waals surface area (Å²) in [5, 5.41) is 3.67. The lowest BCUT2D eigenvalue weighted by atomic mass is 10.1. The summed E-state index contributed by atoms with van der Waals surface area (Å²) in [6, 6.07) is 12.5. The van der Waals surface area contributed by atoms with Gasteiger partial charge in [-0.05, 0) is 44.0 Å². The third-order valence-electron chi connectivity index (χ3n) is 5.70. The number of sulfonamides is 1. The predicted octanol–water partition coefficient (Wildman–Crippen LogP) is 4.73. The molecule has 1 atom stereocenters. The molecule has 35 heavy (non-hydrogen) atoms. The Kier molecular flexibility index (Phi) is 11.5. The molecule has 0 aliphatic rings. The van der Waals surface area contributed by atoms with Crippen LogP contribution in [0.15, 0.2) is 53.4 Å². The minimum Gasteiger partial charge on any atom is -0.354 e. The van der Waals surface area contributed by atoms with E-state index in [-0.39, 0.29) is 36.2 Å². The molecule has 0 bridgehead atoms. The molecule has 0 aliphatic heterocycles. The van der Waals surface area contributed by atoms with E-state index < -0.39 is 16.1 Å². The highest BCUT2D eigenvalue weighted by Gasteiger charge is 2.28. The maximum Gasteiger partial charge on any atom is 0.242 e. The Morgan fingerprint density at radius 1 is 1.00 bits per heavy atom. The van der Waals surface area contributed by atoms with Crippen LogP contribution in [-0.2, 0) is 26.2 Å². The number of amides is 2. The van der Waals surface area contributed by atoms with E-state index in [9.17, 15) is 18.0 Å². The zero-order chi connectivity index (χ0) is 26.0. The number of rotatable bonds is 13. The molecule has 2 aromatic carbocycles. The summed E-state index contributed by atoms with van der Waals surface area (Å²) in [5.41, 5.74) is 0.557.